The number of rotatable bonds is 3. The number of nitrogens with two attached hydrogens (primary N) is 1. The number of hydrogen-bond acceptors (Lipinski definition) is 3. The van der Waals surface area contributed by atoms with Gasteiger partial charge in [-0.2, -0.15) is 0 Å². The molecule has 3 N–H and O–H groups in total. The molecule has 0 aliphatic heterocycles. The van der Waals surface area contributed by atoms with E-state index in [0.29, 0.717) is 11.6 Å². The molecule has 98 valence electrons. The van der Waals surface area contributed by atoms with E-state index in [1.807, 2.05) is 6.92 Å². The topological polar surface area (TPSA) is 50.9 Å². The molecule has 4 heteroatoms. The fourth-order valence-corrected chi connectivity index (χ4v) is 2.95. The molecule has 0 saturated heterocycles. The summed E-state index contributed by atoms with van der Waals surface area (Å²) < 4.78 is 0.958. The third-order valence-electron chi connectivity index (χ3n) is 3.78. The van der Waals surface area contributed by atoms with E-state index in [1.165, 1.54) is 11.1 Å². The second-order valence-electron chi connectivity index (χ2n) is 4.98. The molecule has 2 aromatic rings. The lowest BCUT2D eigenvalue weighted by atomic mass is 9.77. The first-order valence-electron chi connectivity index (χ1n) is 6.39. The molecule has 1 aromatic heterocycles. The van der Waals surface area contributed by atoms with Gasteiger partial charge in [0.2, 0.25) is 0 Å². The van der Waals surface area contributed by atoms with E-state index in [2.05, 4.69) is 50.5 Å². The van der Waals surface area contributed by atoms with Gasteiger partial charge in [0.25, 0.3) is 0 Å². The molecule has 1 unspecified atom stereocenters. The van der Waals surface area contributed by atoms with Gasteiger partial charge in [0.1, 0.15) is 5.82 Å². The first-order chi connectivity index (χ1) is 9.16. The minimum absolute atomic E-state index is 0.586. The molecule has 3 nitrogen and oxygen atoms in total. The number of aromatic nitrogens is 1. The molecule has 19 heavy (non-hydrogen) atoms. The smallest absolute Gasteiger partial charge is 0.140 e. The van der Waals surface area contributed by atoms with Gasteiger partial charge >= 0.3 is 0 Å². The number of nitrogens with zero attached hydrogens (tertiary/aromatic N) is 1. The summed E-state index contributed by atoms with van der Waals surface area (Å²) in [6, 6.07) is 8.62. The molecule has 0 fully saturated rings. The van der Waals surface area contributed by atoms with Crippen LogP contribution in [-0.4, -0.2) is 11.5 Å². The van der Waals surface area contributed by atoms with Crippen molar-refractivity contribution in [2.45, 2.75) is 19.3 Å². The number of nitrogens with one attached hydrogen (secondary N) is 1. The molecule has 1 aliphatic rings. The first kappa shape index (κ1) is 12.5. The van der Waals surface area contributed by atoms with Crippen LogP contribution in [0.4, 0.5) is 11.5 Å². The van der Waals surface area contributed by atoms with Crippen LogP contribution in [0.1, 0.15) is 22.6 Å². The average Bonchev–Trinajstić information content (AvgIpc) is 2.39. The van der Waals surface area contributed by atoms with E-state index in [0.717, 1.165) is 28.8 Å². The second kappa shape index (κ2) is 4.85. The summed E-state index contributed by atoms with van der Waals surface area (Å²) in [5, 5.41) is 3.41. The molecule has 1 aromatic carbocycles. The quantitative estimate of drug-likeness (QED) is 0.911. The van der Waals surface area contributed by atoms with E-state index < -0.39 is 0 Å². The maximum absolute atomic E-state index is 5.83. The first-order valence-corrected chi connectivity index (χ1v) is 7.18. The highest BCUT2D eigenvalue weighted by Crippen LogP contribution is 2.35. The maximum atomic E-state index is 5.83. The summed E-state index contributed by atoms with van der Waals surface area (Å²) in [7, 11) is 0. The Hall–Kier alpha value is -1.55. The normalized spacial score (nSPS) is 16.6. The van der Waals surface area contributed by atoms with Crippen molar-refractivity contribution in [2.24, 2.45) is 0 Å². The van der Waals surface area contributed by atoms with Gasteiger partial charge in [0.15, 0.2) is 0 Å². The molecule has 3 rings (SSSR count). The second-order valence-corrected chi connectivity index (χ2v) is 5.77. The SMILES string of the molecule is Cc1c(N)cnc(NCC2Cc3ccccc32)c1Br. The zero-order valence-electron chi connectivity index (χ0n) is 10.8. The minimum atomic E-state index is 0.586. The Morgan fingerprint density at radius 3 is 3.00 bits per heavy atom. The summed E-state index contributed by atoms with van der Waals surface area (Å²) in [6.45, 7) is 2.90. The van der Waals surface area contributed by atoms with Gasteiger partial charge in [0, 0.05) is 12.5 Å². The van der Waals surface area contributed by atoms with E-state index in [9.17, 15) is 0 Å². The fourth-order valence-electron chi connectivity index (χ4n) is 2.48. The third-order valence-corrected chi connectivity index (χ3v) is 4.75. The fraction of sp³-hybridized carbons (Fsp3) is 0.267. The van der Waals surface area contributed by atoms with E-state index in [-0.39, 0.29) is 0 Å². The molecular weight excluding hydrogens is 302 g/mol. The summed E-state index contributed by atoms with van der Waals surface area (Å²) in [5.41, 5.74) is 10.5. The van der Waals surface area contributed by atoms with Gasteiger partial charge in [-0.25, -0.2) is 4.98 Å². The molecule has 1 aliphatic carbocycles. The summed E-state index contributed by atoms with van der Waals surface area (Å²) >= 11 is 3.55. The summed E-state index contributed by atoms with van der Waals surface area (Å²) in [5.74, 6) is 1.46. The van der Waals surface area contributed by atoms with Crippen LogP contribution in [0.2, 0.25) is 0 Å². The van der Waals surface area contributed by atoms with Crippen molar-refractivity contribution in [3.05, 3.63) is 51.6 Å². The Morgan fingerprint density at radius 2 is 2.21 bits per heavy atom. The van der Waals surface area contributed by atoms with Gasteiger partial charge in [-0.1, -0.05) is 24.3 Å². The number of nitrogen functional groups attached to an aromatic ring is 1. The van der Waals surface area contributed by atoms with Crippen molar-refractivity contribution in [1.82, 2.24) is 4.98 Å². The standard InChI is InChI=1S/C15H16BrN3/c1-9-13(17)8-19-15(14(9)16)18-7-11-6-10-4-2-3-5-12(10)11/h2-5,8,11H,6-7,17H2,1H3,(H,18,19). The number of halogens is 1. The van der Waals surface area contributed by atoms with Crippen LogP contribution in [0.25, 0.3) is 0 Å². The lowest BCUT2D eigenvalue weighted by Crippen LogP contribution is -2.24. The average molecular weight is 318 g/mol. The minimum Gasteiger partial charge on any atom is -0.397 e. The molecule has 0 amide bonds. The van der Waals surface area contributed by atoms with E-state index in [1.54, 1.807) is 6.20 Å². The Morgan fingerprint density at radius 1 is 1.42 bits per heavy atom. The Kier molecular flexibility index (Phi) is 3.19. The number of hydrogen-bond donors (Lipinski definition) is 2. The van der Waals surface area contributed by atoms with Crippen LogP contribution in [0.15, 0.2) is 34.9 Å². The van der Waals surface area contributed by atoms with E-state index >= 15 is 0 Å². The predicted octanol–water partition coefficient (Wildman–Crippen LogP) is 3.49. The number of anilines is 2. The number of fused-ring (bicyclic) bond motifs is 1. The molecule has 0 bridgehead atoms. The predicted molar refractivity (Wildman–Crippen MR) is 82.5 cm³/mol. The summed E-state index contributed by atoms with van der Waals surface area (Å²) in [6.07, 6.45) is 2.85. The lowest BCUT2D eigenvalue weighted by molar-refractivity contribution is 0.634. The maximum Gasteiger partial charge on any atom is 0.140 e. The van der Waals surface area contributed by atoms with Gasteiger partial charge in [-0.15, -0.1) is 0 Å². The highest BCUT2D eigenvalue weighted by atomic mass is 79.9. The van der Waals surface area contributed by atoms with Crippen LogP contribution in [0.3, 0.4) is 0 Å². The Labute approximate surface area is 121 Å². The molecule has 0 spiro atoms. The highest BCUT2D eigenvalue weighted by Gasteiger charge is 2.25. The van der Waals surface area contributed by atoms with Crippen molar-refractivity contribution >= 4 is 27.4 Å². The van der Waals surface area contributed by atoms with Gasteiger partial charge < -0.3 is 11.1 Å². The molecule has 0 radical (unpaired) electrons. The molecule has 1 heterocycles. The largest absolute Gasteiger partial charge is 0.397 e. The molecule has 1 atom stereocenters. The highest BCUT2D eigenvalue weighted by molar-refractivity contribution is 9.10. The third kappa shape index (κ3) is 2.21. The number of benzene rings is 1. The summed E-state index contributed by atoms with van der Waals surface area (Å²) in [4.78, 5) is 4.34. The van der Waals surface area contributed by atoms with Gasteiger partial charge in [-0.05, 0) is 46.0 Å². The van der Waals surface area contributed by atoms with Crippen LogP contribution in [0.5, 0.6) is 0 Å². The zero-order chi connectivity index (χ0) is 13.4. The Bertz CT molecular complexity index is 625. The monoisotopic (exact) mass is 317 g/mol. The van der Waals surface area contributed by atoms with Crippen molar-refractivity contribution in [1.29, 1.82) is 0 Å². The zero-order valence-corrected chi connectivity index (χ0v) is 12.4. The van der Waals surface area contributed by atoms with Crippen molar-refractivity contribution in [2.75, 3.05) is 17.6 Å². The van der Waals surface area contributed by atoms with Crippen molar-refractivity contribution < 1.29 is 0 Å². The van der Waals surface area contributed by atoms with Crippen LogP contribution in [-0.2, 0) is 6.42 Å². The number of pyridine rings is 1. The molecular formula is C15H16BrN3. The van der Waals surface area contributed by atoms with Gasteiger partial charge in [-0.3, -0.25) is 0 Å². The van der Waals surface area contributed by atoms with Crippen molar-refractivity contribution in [3.63, 3.8) is 0 Å². The van der Waals surface area contributed by atoms with Crippen molar-refractivity contribution in [3.8, 4) is 0 Å². The van der Waals surface area contributed by atoms with Gasteiger partial charge in [0.05, 0.1) is 16.4 Å². The lowest BCUT2D eigenvalue weighted by Gasteiger charge is -2.30. The van der Waals surface area contributed by atoms with Crippen LogP contribution in [0, 0.1) is 6.92 Å². The Balaban J connectivity index is 1.70. The van der Waals surface area contributed by atoms with Crippen LogP contribution >= 0.6 is 15.9 Å². The van der Waals surface area contributed by atoms with Crippen LogP contribution < -0.4 is 11.1 Å². The molecule has 0 saturated carbocycles. The van der Waals surface area contributed by atoms with E-state index in [4.69, 9.17) is 5.73 Å².